The van der Waals surface area contributed by atoms with Crippen LogP contribution in [0, 0.1) is 0 Å². The van der Waals surface area contributed by atoms with Gasteiger partial charge in [-0.3, -0.25) is 9.58 Å². The number of fused-ring (bicyclic) bond motifs is 1. The highest BCUT2D eigenvalue weighted by atomic mass is 15.3. The van der Waals surface area contributed by atoms with Crippen LogP contribution < -0.4 is 5.73 Å². The quantitative estimate of drug-likeness (QED) is 0.915. The lowest BCUT2D eigenvalue weighted by molar-refractivity contribution is 0.242. The molecule has 1 aliphatic heterocycles. The Morgan fingerprint density at radius 1 is 1.25 bits per heavy atom. The largest absolute Gasteiger partial charge is 0.330 e. The summed E-state index contributed by atoms with van der Waals surface area (Å²) in [4.78, 5) is 2.47. The molecular formula is C16H22N4. The molecule has 1 aromatic carbocycles. The van der Waals surface area contributed by atoms with Crippen LogP contribution in [0.3, 0.4) is 0 Å². The van der Waals surface area contributed by atoms with Gasteiger partial charge in [0.15, 0.2) is 0 Å². The Balaban J connectivity index is 1.74. The summed E-state index contributed by atoms with van der Waals surface area (Å²) in [5, 5.41) is 4.68. The van der Waals surface area contributed by atoms with Crippen LogP contribution in [0.5, 0.6) is 0 Å². The maximum Gasteiger partial charge on any atom is 0.0800 e. The minimum Gasteiger partial charge on any atom is -0.330 e. The molecule has 0 spiro atoms. The average molecular weight is 270 g/mol. The van der Waals surface area contributed by atoms with Crippen molar-refractivity contribution in [2.24, 2.45) is 12.8 Å². The van der Waals surface area contributed by atoms with E-state index in [9.17, 15) is 0 Å². The lowest BCUT2D eigenvalue weighted by Crippen LogP contribution is -2.30. The first kappa shape index (κ1) is 13.3. The topological polar surface area (TPSA) is 47.1 Å². The second kappa shape index (κ2) is 5.77. The van der Waals surface area contributed by atoms with Crippen molar-refractivity contribution >= 4 is 0 Å². The molecule has 0 saturated heterocycles. The molecule has 0 radical (unpaired) electrons. The fourth-order valence-electron chi connectivity index (χ4n) is 3.07. The summed E-state index contributed by atoms with van der Waals surface area (Å²) in [5.41, 5.74) is 11.1. The van der Waals surface area contributed by atoms with E-state index in [-0.39, 0.29) is 0 Å². The Labute approximate surface area is 120 Å². The fourth-order valence-corrected chi connectivity index (χ4v) is 3.07. The van der Waals surface area contributed by atoms with Crippen molar-refractivity contribution < 1.29 is 0 Å². The van der Waals surface area contributed by atoms with Crippen LogP contribution in [-0.2, 0) is 33.0 Å². The first-order valence-electron chi connectivity index (χ1n) is 7.28. The normalized spacial score (nSPS) is 15.3. The summed E-state index contributed by atoms with van der Waals surface area (Å²) in [5.74, 6) is 0. The van der Waals surface area contributed by atoms with Crippen LogP contribution in [0.25, 0.3) is 0 Å². The van der Waals surface area contributed by atoms with Gasteiger partial charge >= 0.3 is 0 Å². The van der Waals surface area contributed by atoms with Gasteiger partial charge in [0, 0.05) is 38.8 Å². The van der Waals surface area contributed by atoms with E-state index < -0.39 is 0 Å². The summed E-state index contributed by atoms with van der Waals surface area (Å²) in [6.07, 6.45) is 2.02. The SMILES string of the molecule is Cn1nc2c(c1CCN)CCN(Cc1ccccc1)C2. The van der Waals surface area contributed by atoms with E-state index in [2.05, 4.69) is 40.3 Å². The standard InChI is InChI=1S/C16H22N4/c1-19-16(7-9-17)14-8-10-20(12-15(14)18-19)11-13-5-3-2-4-6-13/h2-6H,7-12,17H2,1H3. The average Bonchev–Trinajstić information content (AvgIpc) is 2.76. The Bertz CT molecular complexity index is 574. The van der Waals surface area contributed by atoms with E-state index in [0.717, 1.165) is 32.5 Å². The summed E-state index contributed by atoms with van der Waals surface area (Å²) in [7, 11) is 2.03. The van der Waals surface area contributed by atoms with Crippen LogP contribution in [0.2, 0.25) is 0 Å². The van der Waals surface area contributed by atoms with Gasteiger partial charge in [0.05, 0.1) is 5.69 Å². The van der Waals surface area contributed by atoms with Gasteiger partial charge in [-0.25, -0.2) is 0 Å². The molecule has 0 aliphatic carbocycles. The van der Waals surface area contributed by atoms with Gasteiger partial charge in [-0.05, 0) is 24.1 Å². The third kappa shape index (κ3) is 2.62. The highest BCUT2D eigenvalue weighted by Crippen LogP contribution is 2.23. The second-order valence-electron chi connectivity index (χ2n) is 5.48. The Hall–Kier alpha value is -1.65. The van der Waals surface area contributed by atoms with Gasteiger partial charge in [-0.15, -0.1) is 0 Å². The smallest absolute Gasteiger partial charge is 0.0800 e. The number of nitrogens with two attached hydrogens (primary N) is 1. The second-order valence-corrected chi connectivity index (χ2v) is 5.48. The zero-order chi connectivity index (χ0) is 13.9. The van der Waals surface area contributed by atoms with Gasteiger partial charge in [-0.1, -0.05) is 30.3 Å². The van der Waals surface area contributed by atoms with Crippen molar-refractivity contribution in [1.82, 2.24) is 14.7 Å². The maximum absolute atomic E-state index is 5.70. The van der Waals surface area contributed by atoms with Gasteiger partial charge in [0.2, 0.25) is 0 Å². The van der Waals surface area contributed by atoms with Gasteiger partial charge in [0.1, 0.15) is 0 Å². The highest BCUT2D eigenvalue weighted by molar-refractivity contribution is 5.29. The molecule has 20 heavy (non-hydrogen) atoms. The predicted octanol–water partition coefficient (Wildman–Crippen LogP) is 1.48. The van der Waals surface area contributed by atoms with Crippen molar-refractivity contribution in [3.63, 3.8) is 0 Å². The zero-order valence-corrected chi connectivity index (χ0v) is 12.0. The molecule has 1 aromatic heterocycles. The van der Waals surface area contributed by atoms with Crippen LogP contribution in [-0.4, -0.2) is 27.8 Å². The number of aromatic nitrogens is 2. The number of nitrogens with zero attached hydrogens (tertiary/aromatic N) is 3. The van der Waals surface area contributed by atoms with E-state index >= 15 is 0 Å². The van der Waals surface area contributed by atoms with Gasteiger partial charge in [0.25, 0.3) is 0 Å². The van der Waals surface area contributed by atoms with Gasteiger partial charge in [-0.2, -0.15) is 5.10 Å². The van der Waals surface area contributed by atoms with Crippen molar-refractivity contribution in [3.05, 3.63) is 52.8 Å². The Kier molecular flexibility index (Phi) is 3.85. The number of hydrogen-bond donors (Lipinski definition) is 1. The maximum atomic E-state index is 5.70. The van der Waals surface area contributed by atoms with Crippen molar-refractivity contribution in [1.29, 1.82) is 0 Å². The first-order chi connectivity index (χ1) is 9.78. The summed E-state index contributed by atoms with van der Waals surface area (Å²) < 4.78 is 2.02. The first-order valence-corrected chi connectivity index (χ1v) is 7.28. The van der Waals surface area contributed by atoms with Crippen LogP contribution in [0.15, 0.2) is 30.3 Å². The molecule has 1 aliphatic rings. The molecule has 3 rings (SSSR count). The number of benzene rings is 1. The van der Waals surface area contributed by atoms with Crippen LogP contribution in [0.1, 0.15) is 22.5 Å². The van der Waals surface area contributed by atoms with Crippen LogP contribution in [0.4, 0.5) is 0 Å². The molecule has 0 amide bonds. The van der Waals surface area contributed by atoms with Crippen molar-refractivity contribution in [3.8, 4) is 0 Å². The summed E-state index contributed by atoms with van der Waals surface area (Å²) in [6.45, 7) is 3.75. The molecule has 4 heteroatoms. The van der Waals surface area contributed by atoms with E-state index in [1.807, 2.05) is 11.7 Å². The molecule has 0 atom stereocenters. The van der Waals surface area contributed by atoms with Crippen LogP contribution >= 0.6 is 0 Å². The highest BCUT2D eigenvalue weighted by Gasteiger charge is 2.23. The number of hydrogen-bond acceptors (Lipinski definition) is 3. The molecule has 2 N–H and O–H groups in total. The monoisotopic (exact) mass is 270 g/mol. The zero-order valence-electron chi connectivity index (χ0n) is 12.0. The van der Waals surface area contributed by atoms with Crippen molar-refractivity contribution in [2.75, 3.05) is 13.1 Å². The third-order valence-electron chi connectivity index (χ3n) is 4.04. The van der Waals surface area contributed by atoms with E-state index in [4.69, 9.17) is 5.73 Å². The van der Waals surface area contributed by atoms with E-state index in [1.165, 1.54) is 22.5 Å². The van der Waals surface area contributed by atoms with Crippen molar-refractivity contribution in [2.45, 2.75) is 25.9 Å². The van der Waals surface area contributed by atoms with E-state index in [0.29, 0.717) is 6.54 Å². The molecule has 2 aromatic rings. The molecule has 2 heterocycles. The van der Waals surface area contributed by atoms with E-state index in [1.54, 1.807) is 0 Å². The number of aryl methyl sites for hydroxylation is 1. The molecule has 106 valence electrons. The molecule has 0 bridgehead atoms. The molecular weight excluding hydrogens is 248 g/mol. The molecule has 0 unspecified atom stereocenters. The lowest BCUT2D eigenvalue weighted by Gasteiger charge is -2.26. The minimum absolute atomic E-state index is 0.694. The third-order valence-corrected chi connectivity index (χ3v) is 4.04. The minimum atomic E-state index is 0.694. The summed E-state index contributed by atoms with van der Waals surface area (Å²) in [6, 6.07) is 10.6. The molecule has 4 nitrogen and oxygen atoms in total. The fraction of sp³-hybridized carbons (Fsp3) is 0.438. The molecule has 0 saturated carbocycles. The Morgan fingerprint density at radius 2 is 2.05 bits per heavy atom. The predicted molar refractivity (Wildman–Crippen MR) is 80.2 cm³/mol. The molecule has 0 fully saturated rings. The van der Waals surface area contributed by atoms with Gasteiger partial charge < -0.3 is 5.73 Å². The number of rotatable bonds is 4. The summed E-state index contributed by atoms with van der Waals surface area (Å²) >= 11 is 0. The Morgan fingerprint density at radius 3 is 2.80 bits per heavy atom. The lowest BCUT2D eigenvalue weighted by atomic mass is 10.0.